The zero-order valence-electron chi connectivity index (χ0n) is 44.4. The summed E-state index contributed by atoms with van der Waals surface area (Å²) in [5.74, 6) is -1.23. The number of nitrogens with zero attached hydrogens (tertiary/aromatic N) is 11. The third-order valence-corrected chi connectivity index (χ3v) is 13.3. The number of carbonyl (C=O) groups excluding carboxylic acids is 4. The molecule has 3 N–H and O–H groups in total. The van der Waals surface area contributed by atoms with Gasteiger partial charge in [0.05, 0.1) is 36.4 Å². The number of piperidine rings is 2. The van der Waals surface area contributed by atoms with Crippen LogP contribution >= 0.6 is 15.9 Å². The van der Waals surface area contributed by atoms with E-state index in [0.717, 1.165) is 48.2 Å². The summed E-state index contributed by atoms with van der Waals surface area (Å²) in [5, 5.41) is 31.9. The second-order valence-corrected chi connectivity index (χ2v) is 19.4. The van der Waals surface area contributed by atoms with Gasteiger partial charge >= 0.3 is 24.3 Å². The fourth-order valence-corrected chi connectivity index (χ4v) is 9.04. The number of anilines is 3. The topological polar surface area (TPSA) is 239 Å². The predicted octanol–water partition coefficient (Wildman–Crippen LogP) is 10.1. The van der Waals surface area contributed by atoms with Crippen molar-refractivity contribution in [3.63, 3.8) is 0 Å². The SMILES string of the molecule is CCOC(=O)C1CCN(c2cccc(C(=O)Nc3ccc(-n4nc(-c5cccnc5)cc4C(F)(F)F)nn3)c2)CC1.CCOC(=O)C1CCNCC1.O=C(Nc1ccc(-n2nc(-c3cccnc3)cc2C(F)(F)F)nn1)c1cccc(Br)c1. The number of aromatic nitrogens is 10. The first kappa shape index (κ1) is 60.1. The van der Waals surface area contributed by atoms with Crippen molar-refractivity contribution in [3.05, 3.63) is 161 Å². The van der Waals surface area contributed by atoms with Crippen molar-refractivity contribution in [3.8, 4) is 34.2 Å². The number of rotatable bonds is 13. The van der Waals surface area contributed by atoms with Gasteiger partial charge in [0.2, 0.25) is 0 Å². The molecule has 10 rings (SSSR count). The minimum atomic E-state index is -4.69. The molecule has 2 fully saturated rings. The molecule has 8 heterocycles. The van der Waals surface area contributed by atoms with Crippen LogP contribution in [0.5, 0.6) is 0 Å². The molecular formula is C56H53BrF6N14O6. The zero-order valence-corrected chi connectivity index (χ0v) is 46.0. The highest BCUT2D eigenvalue weighted by Gasteiger charge is 2.38. The van der Waals surface area contributed by atoms with Crippen LogP contribution in [-0.2, 0) is 31.4 Å². The van der Waals surface area contributed by atoms with Gasteiger partial charge < -0.3 is 30.3 Å². The standard InChI is InChI=1S/C28H26F3N7O3.C20H12BrF3N6O.C8H15NO2/c1-2-41-27(40)18-10-13-37(14-11-18)21-7-3-5-19(15-21)26(39)33-24-8-9-25(35-34-24)38-23(28(29,30)31)16-22(36-38)20-6-4-12-32-17-20;21-14-5-1-3-12(9-14)19(31)26-17-6-7-18(28-27-17)30-16(20(22,23)24)10-15(29-30)13-4-2-8-25-11-13;1-2-11-8(10)7-3-5-9-6-4-7/h3-9,12,15-18H,2,10-11,13-14H2,1H3,(H,33,34,39);1-11H,(H,26,27,31);7,9H,2-6H2,1H3. The predicted molar refractivity (Wildman–Crippen MR) is 295 cm³/mol. The van der Waals surface area contributed by atoms with Crippen LogP contribution < -0.4 is 20.9 Å². The number of nitrogens with one attached hydrogen (secondary N) is 3. The summed E-state index contributed by atoms with van der Waals surface area (Å²) in [5.41, 5.74) is 0.572. The van der Waals surface area contributed by atoms with Gasteiger partial charge in [-0.15, -0.1) is 20.4 Å². The number of carbonyl (C=O) groups is 4. The van der Waals surface area contributed by atoms with E-state index in [1.165, 1.54) is 49.1 Å². The number of alkyl halides is 6. The highest BCUT2D eigenvalue weighted by atomic mass is 79.9. The lowest BCUT2D eigenvalue weighted by Gasteiger charge is -2.32. The molecule has 6 aromatic heterocycles. The maximum absolute atomic E-state index is 13.7. The zero-order chi connectivity index (χ0) is 59.1. The van der Waals surface area contributed by atoms with Crippen LogP contribution in [-0.4, -0.2) is 113 Å². The van der Waals surface area contributed by atoms with Crippen molar-refractivity contribution in [2.24, 2.45) is 11.8 Å². The van der Waals surface area contributed by atoms with Crippen LogP contribution in [0.1, 0.15) is 71.6 Å². The fourth-order valence-electron chi connectivity index (χ4n) is 8.64. The van der Waals surface area contributed by atoms with Crippen LogP contribution in [0.2, 0.25) is 0 Å². The van der Waals surface area contributed by atoms with Gasteiger partial charge in [-0.3, -0.25) is 29.1 Å². The van der Waals surface area contributed by atoms with Crippen molar-refractivity contribution < 1.29 is 55.0 Å². The molecule has 0 bridgehead atoms. The first-order valence-corrected chi connectivity index (χ1v) is 26.8. The Morgan fingerprint density at radius 3 is 1.48 bits per heavy atom. The van der Waals surface area contributed by atoms with Gasteiger partial charge in [0.25, 0.3) is 11.8 Å². The molecule has 0 atom stereocenters. The molecular weight excluding hydrogens is 1160 g/mol. The number of pyridine rings is 2. The third kappa shape index (κ3) is 16.1. The number of ether oxygens (including phenoxy) is 2. The lowest BCUT2D eigenvalue weighted by atomic mass is 9.96. The molecule has 2 amide bonds. The molecule has 2 aliphatic heterocycles. The van der Waals surface area contributed by atoms with Crippen molar-refractivity contribution >= 4 is 57.0 Å². The van der Waals surface area contributed by atoms with Crippen LogP contribution in [0.3, 0.4) is 0 Å². The summed E-state index contributed by atoms with van der Waals surface area (Å²) in [6.45, 7) is 7.68. The Labute approximate surface area is 479 Å². The fraction of sp³-hybridized carbons (Fsp3) is 0.286. The van der Waals surface area contributed by atoms with E-state index in [0.29, 0.717) is 70.8 Å². The molecule has 27 heteroatoms. The van der Waals surface area contributed by atoms with E-state index in [-0.39, 0.29) is 58.4 Å². The number of esters is 2. The molecule has 0 aliphatic carbocycles. The van der Waals surface area contributed by atoms with E-state index in [1.807, 2.05) is 13.0 Å². The largest absolute Gasteiger partial charge is 0.466 e. The quantitative estimate of drug-likeness (QED) is 0.0719. The average molecular weight is 1210 g/mol. The number of benzene rings is 2. The van der Waals surface area contributed by atoms with Crippen molar-refractivity contribution in [1.82, 2.24) is 55.2 Å². The molecule has 2 aromatic carbocycles. The van der Waals surface area contributed by atoms with E-state index in [4.69, 9.17) is 9.47 Å². The van der Waals surface area contributed by atoms with Gasteiger partial charge in [-0.2, -0.15) is 36.5 Å². The Bertz CT molecular complexity index is 3470. The van der Waals surface area contributed by atoms with E-state index >= 15 is 0 Å². The summed E-state index contributed by atoms with van der Waals surface area (Å²) in [6, 6.07) is 27.3. The van der Waals surface area contributed by atoms with Crippen LogP contribution in [0.15, 0.2) is 138 Å². The lowest BCUT2D eigenvalue weighted by molar-refractivity contribution is -0.149. The average Bonchev–Trinajstić information content (AvgIpc) is 4.40. The summed E-state index contributed by atoms with van der Waals surface area (Å²) in [6.07, 6.45) is -0.327. The van der Waals surface area contributed by atoms with Gasteiger partial charge in [0, 0.05) is 70.3 Å². The molecule has 0 spiro atoms. The monoisotopic (exact) mass is 1210 g/mol. The summed E-state index contributed by atoms with van der Waals surface area (Å²) >= 11 is 3.28. The van der Waals surface area contributed by atoms with Crippen LogP contribution in [0.25, 0.3) is 34.2 Å². The van der Waals surface area contributed by atoms with Gasteiger partial charge in [0.1, 0.15) is 0 Å². The molecule has 2 saturated heterocycles. The maximum Gasteiger partial charge on any atom is 0.433 e. The second kappa shape index (κ2) is 27.7. The molecule has 83 heavy (non-hydrogen) atoms. The van der Waals surface area contributed by atoms with Crippen molar-refractivity contribution in [1.29, 1.82) is 0 Å². The minimum absolute atomic E-state index is 0.0194. The Hall–Kier alpha value is -8.98. The third-order valence-electron chi connectivity index (χ3n) is 12.8. The Balaban J connectivity index is 0.000000188. The Morgan fingerprint density at radius 2 is 1.06 bits per heavy atom. The normalized spacial score (nSPS) is 13.8. The Morgan fingerprint density at radius 1 is 0.590 bits per heavy atom. The van der Waals surface area contributed by atoms with E-state index in [9.17, 15) is 45.5 Å². The minimum Gasteiger partial charge on any atom is -0.466 e. The van der Waals surface area contributed by atoms with E-state index < -0.39 is 35.6 Å². The van der Waals surface area contributed by atoms with Gasteiger partial charge in [-0.05, 0) is 150 Å². The molecule has 2 aliphatic rings. The van der Waals surface area contributed by atoms with Crippen molar-refractivity contribution in [2.45, 2.75) is 51.9 Å². The summed E-state index contributed by atoms with van der Waals surface area (Å²) in [4.78, 5) is 58.3. The smallest absolute Gasteiger partial charge is 0.433 e. The van der Waals surface area contributed by atoms with E-state index in [2.05, 4.69) is 77.3 Å². The number of amides is 2. The highest BCUT2D eigenvalue weighted by Crippen LogP contribution is 2.35. The van der Waals surface area contributed by atoms with Gasteiger partial charge in [0.15, 0.2) is 34.7 Å². The first-order valence-electron chi connectivity index (χ1n) is 26.0. The van der Waals surface area contributed by atoms with Crippen molar-refractivity contribution in [2.75, 3.05) is 54.9 Å². The highest BCUT2D eigenvalue weighted by molar-refractivity contribution is 9.10. The second-order valence-electron chi connectivity index (χ2n) is 18.4. The van der Waals surface area contributed by atoms with Crippen LogP contribution in [0, 0.1) is 11.8 Å². The number of hydrogen-bond donors (Lipinski definition) is 3. The first-order chi connectivity index (χ1) is 39.9. The number of halogens is 7. The molecule has 0 saturated carbocycles. The molecule has 0 radical (unpaired) electrons. The van der Waals surface area contributed by atoms with Crippen LogP contribution in [0.4, 0.5) is 43.7 Å². The van der Waals surface area contributed by atoms with Gasteiger partial charge in [-0.1, -0.05) is 28.1 Å². The van der Waals surface area contributed by atoms with E-state index in [1.54, 1.807) is 73.7 Å². The molecule has 20 nitrogen and oxygen atoms in total. The summed E-state index contributed by atoms with van der Waals surface area (Å²) in [7, 11) is 0. The lowest BCUT2D eigenvalue weighted by Crippen LogP contribution is -2.37. The Kier molecular flexibility index (Phi) is 20.0. The molecule has 8 aromatic rings. The van der Waals surface area contributed by atoms with Gasteiger partial charge in [-0.25, -0.2) is 9.36 Å². The maximum atomic E-state index is 13.7. The number of hydrogen-bond acceptors (Lipinski definition) is 16. The summed E-state index contributed by atoms with van der Waals surface area (Å²) < 4.78 is 94.0. The molecule has 432 valence electrons. The molecule has 0 unspecified atom stereocenters.